The Morgan fingerprint density at radius 2 is 2.26 bits per heavy atom. The molecule has 3 rings (SSSR count). The molecule has 3 aromatic rings. The van der Waals surface area contributed by atoms with Gasteiger partial charge in [-0.1, -0.05) is 0 Å². The highest BCUT2D eigenvalue weighted by Crippen LogP contribution is 2.27. The predicted octanol–water partition coefficient (Wildman–Crippen LogP) is 1.87. The van der Waals surface area contributed by atoms with Crippen LogP contribution in [0.4, 0.5) is 0 Å². The zero-order chi connectivity index (χ0) is 16.4. The number of rotatable bonds is 5. The fourth-order valence-electron chi connectivity index (χ4n) is 2.05. The maximum atomic E-state index is 12.6. The number of aromatic hydroxyl groups is 1. The Morgan fingerprint density at radius 1 is 1.43 bits per heavy atom. The van der Waals surface area contributed by atoms with Crippen molar-refractivity contribution >= 4 is 18.0 Å². The summed E-state index contributed by atoms with van der Waals surface area (Å²) in [5.74, 6) is 0.378. The molecular weight excluding hydrogens is 320 g/mol. The van der Waals surface area contributed by atoms with Crippen molar-refractivity contribution in [2.24, 2.45) is 0 Å². The van der Waals surface area contributed by atoms with Crippen LogP contribution < -0.4 is 9.87 Å². The Labute approximate surface area is 135 Å². The first-order valence-corrected chi connectivity index (χ1v) is 7.49. The molecule has 0 radical (unpaired) electrons. The molecule has 8 nitrogen and oxygen atoms in total. The summed E-state index contributed by atoms with van der Waals surface area (Å²) >= 11 is 0.752. The van der Waals surface area contributed by atoms with E-state index in [1.807, 2.05) is 13.8 Å². The normalized spacial score (nSPS) is 11.0. The smallest absolute Gasteiger partial charge is 0.339 e. The standard InChI is InChI=1S/C14H14N4O4S/c1-3-21-23-22-11-6-10(19)7-15-13(11)17-5-4-12-16-9(2)8-18(12)14(17)20/h4-8,19H,3H2,1-2H3. The van der Waals surface area contributed by atoms with Crippen LogP contribution in [0.15, 0.2) is 35.5 Å². The molecule has 0 fully saturated rings. The molecule has 0 aliphatic rings. The largest absolute Gasteiger partial charge is 0.506 e. The van der Waals surface area contributed by atoms with Gasteiger partial charge in [-0.15, -0.1) is 0 Å². The maximum Gasteiger partial charge on any atom is 0.339 e. The van der Waals surface area contributed by atoms with E-state index in [1.165, 1.54) is 21.2 Å². The summed E-state index contributed by atoms with van der Waals surface area (Å²) in [6, 6.07) is 3.06. The van der Waals surface area contributed by atoms with Gasteiger partial charge in [-0.05, 0) is 19.9 Å². The Kier molecular flexibility index (Phi) is 4.22. The molecule has 0 bridgehead atoms. The second-order valence-electron chi connectivity index (χ2n) is 4.65. The van der Waals surface area contributed by atoms with Gasteiger partial charge in [0.15, 0.2) is 11.6 Å². The zero-order valence-electron chi connectivity index (χ0n) is 12.5. The van der Waals surface area contributed by atoms with E-state index in [-0.39, 0.29) is 23.0 Å². The first-order chi connectivity index (χ1) is 11.1. The molecule has 0 amide bonds. The molecule has 120 valence electrons. The second kappa shape index (κ2) is 6.31. The van der Waals surface area contributed by atoms with Crippen molar-refractivity contribution in [3.8, 4) is 17.3 Å². The molecular formula is C14H14N4O4S. The van der Waals surface area contributed by atoms with Gasteiger partial charge >= 0.3 is 5.69 Å². The second-order valence-corrected chi connectivity index (χ2v) is 5.19. The Balaban J connectivity index is 2.10. The molecule has 0 aromatic carbocycles. The number of hydrogen-bond acceptors (Lipinski definition) is 7. The molecule has 3 heterocycles. The van der Waals surface area contributed by atoms with E-state index >= 15 is 0 Å². The highest BCUT2D eigenvalue weighted by Gasteiger charge is 2.14. The van der Waals surface area contributed by atoms with Crippen LogP contribution in [0.1, 0.15) is 12.6 Å². The van der Waals surface area contributed by atoms with Crippen LogP contribution in [0.2, 0.25) is 0 Å². The molecule has 0 spiro atoms. The first kappa shape index (κ1) is 15.4. The van der Waals surface area contributed by atoms with Crippen molar-refractivity contribution in [3.63, 3.8) is 0 Å². The number of pyridine rings is 1. The van der Waals surface area contributed by atoms with Crippen molar-refractivity contribution in [2.45, 2.75) is 13.8 Å². The van der Waals surface area contributed by atoms with Crippen molar-refractivity contribution in [1.29, 1.82) is 0 Å². The third-order valence-corrected chi connectivity index (χ3v) is 3.55. The van der Waals surface area contributed by atoms with Crippen LogP contribution in [0, 0.1) is 6.92 Å². The van der Waals surface area contributed by atoms with E-state index in [2.05, 4.69) is 9.97 Å². The van der Waals surface area contributed by atoms with Crippen molar-refractivity contribution in [1.82, 2.24) is 18.9 Å². The molecule has 0 aliphatic carbocycles. The summed E-state index contributed by atoms with van der Waals surface area (Å²) < 4.78 is 13.2. The average Bonchev–Trinajstić information content (AvgIpc) is 2.90. The van der Waals surface area contributed by atoms with E-state index < -0.39 is 0 Å². The lowest BCUT2D eigenvalue weighted by atomic mass is 10.4. The lowest BCUT2D eigenvalue weighted by Crippen LogP contribution is -2.25. The Bertz CT molecular complexity index is 905. The predicted molar refractivity (Wildman–Crippen MR) is 84.8 cm³/mol. The fraction of sp³-hybridized carbons (Fsp3) is 0.214. The minimum atomic E-state index is -0.340. The van der Waals surface area contributed by atoms with Gasteiger partial charge in [-0.25, -0.2) is 19.3 Å². The number of fused-ring (bicyclic) bond motifs is 1. The summed E-state index contributed by atoms with van der Waals surface area (Å²) in [5.41, 5.74) is 0.947. The molecule has 0 atom stereocenters. The van der Waals surface area contributed by atoms with E-state index in [1.54, 1.807) is 18.5 Å². The minimum Gasteiger partial charge on any atom is -0.506 e. The van der Waals surface area contributed by atoms with Gasteiger partial charge in [0.25, 0.3) is 0 Å². The van der Waals surface area contributed by atoms with Crippen molar-refractivity contribution in [2.75, 3.05) is 6.61 Å². The van der Waals surface area contributed by atoms with E-state index in [9.17, 15) is 9.90 Å². The molecule has 23 heavy (non-hydrogen) atoms. The Hall–Kier alpha value is -2.52. The van der Waals surface area contributed by atoms with Gasteiger partial charge in [0.05, 0.1) is 18.5 Å². The summed E-state index contributed by atoms with van der Waals surface area (Å²) in [4.78, 5) is 20.9. The quantitative estimate of drug-likeness (QED) is 0.562. The molecule has 0 saturated heterocycles. The monoisotopic (exact) mass is 334 g/mol. The van der Waals surface area contributed by atoms with Crippen LogP contribution in [0.25, 0.3) is 11.5 Å². The number of nitrogens with zero attached hydrogens (tertiary/aromatic N) is 4. The molecule has 9 heteroatoms. The topological polar surface area (TPSA) is 90.9 Å². The third kappa shape index (κ3) is 3.01. The summed E-state index contributed by atoms with van der Waals surface area (Å²) in [6.07, 6.45) is 4.44. The highest BCUT2D eigenvalue weighted by molar-refractivity contribution is 7.90. The average molecular weight is 334 g/mol. The van der Waals surface area contributed by atoms with E-state index in [0.717, 1.165) is 18.0 Å². The maximum absolute atomic E-state index is 12.6. The molecule has 0 unspecified atom stereocenters. The van der Waals surface area contributed by atoms with Crippen molar-refractivity contribution in [3.05, 3.63) is 46.9 Å². The lowest BCUT2D eigenvalue weighted by Gasteiger charge is -2.10. The number of aromatic nitrogens is 4. The summed E-state index contributed by atoms with van der Waals surface area (Å²) in [5, 5.41) is 9.59. The van der Waals surface area contributed by atoms with Crippen LogP contribution in [-0.4, -0.2) is 30.6 Å². The van der Waals surface area contributed by atoms with Gasteiger partial charge in [0.2, 0.25) is 12.3 Å². The van der Waals surface area contributed by atoms with E-state index in [4.69, 9.17) is 8.37 Å². The van der Waals surface area contributed by atoms with Gasteiger partial charge in [-0.2, -0.15) is 0 Å². The van der Waals surface area contributed by atoms with Crippen LogP contribution in [-0.2, 0) is 4.18 Å². The summed E-state index contributed by atoms with van der Waals surface area (Å²) in [6.45, 7) is 4.08. The van der Waals surface area contributed by atoms with Crippen LogP contribution in [0.5, 0.6) is 11.5 Å². The van der Waals surface area contributed by atoms with Crippen LogP contribution >= 0.6 is 12.3 Å². The minimum absolute atomic E-state index is 0.0755. The van der Waals surface area contributed by atoms with Gasteiger partial charge < -0.3 is 9.29 Å². The number of aryl methyl sites for hydroxylation is 1. The third-order valence-electron chi connectivity index (χ3n) is 2.97. The fourth-order valence-corrected chi connectivity index (χ4v) is 2.39. The number of imidazole rings is 1. The van der Waals surface area contributed by atoms with E-state index in [0.29, 0.717) is 12.3 Å². The van der Waals surface area contributed by atoms with Crippen LogP contribution in [0.3, 0.4) is 0 Å². The Morgan fingerprint density at radius 3 is 3.04 bits per heavy atom. The SMILES string of the molecule is CCOSOc1cc(O)cnc1-n1ccc2nc(C)cn2c1=O. The van der Waals surface area contributed by atoms with Crippen molar-refractivity contribution < 1.29 is 13.5 Å². The zero-order valence-corrected chi connectivity index (χ0v) is 13.3. The molecule has 3 aromatic heterocycles. The molecule has 0 aliphatic heterocycles. The highest BCUT2D eigenvalue weighted by atomic mass is 32.2. The molecule has 0 saturated carbocycles. The molecule has 1 N–H and O–H groups in total. The summed E-state index contributed by atoms with van der Waals surface area (Å²) in [7, 11) is 0. The first-order valence-electron chi connectivity index (χ1n) is 6.83. The lowest BCUT2D eigenvalue weighted by molar-refractivity contribution is 0.368. The van der Waals surface area contributed by atoms with Gasteiger partial charge in [0, 0.05) is 18.5 Å². The number of hydrogen-bond donors (Lipinski definition) is 1. The van der Waals surface area contributed by atoms with Gasteiger partial charge in [-0.3, -0.25) is 8.58 Å². The van der Waals surface area contributed by atoms with Gasteiger partial charge in [0.1, 0.15) is 11.4 Å².